The van der Waals surface area contributed by atoms with Crippen LogP contribution in [0.15, 0.2) is 53.6 Å². The Morgan fingerprint density at radius 1 is 1.15 bits per heavy atom. The Balaban J connectivity index is 2.05. The van der Waals surface area contributed by atoms with Crippen LogP contribution in [-0.4, -0.2) is 30.9 Å². The lowest BCUT2D eigenvalue weighted by Crippen LogP contribution is -2.38. The van der Waals surface area contributed by atoms with Crippen LogP contribution < -0.4 is 5.56 Å². The Bertz CT molecular complexity index is 1190. The predicted octanol–water partition coefficient (Wildman–Crippen LogP) is 3.00. The second kappa shape index (κ2) is 6.32. The summed E-state index contributed by atoms with van der Waals surface area (Å²) in [4.78, 5) is 17.6. The molecule has 0 aliphatic rings. The summed E-state index contributed by atoms with van der Waals surface area (Å²) in [6.45, 7) is 5.58. The van der Waals surface area contributed by atoms with Crippen LogP contribution in [0.25, 0.3) is 27.7 Å². The molecule has 1 aromatic carbocycles. The van der Waals surface area contributed by atoms with Crippen molar-refractivity contribution in [3.63, 3.8) is 0 Å². The smallest absolute Gasteiger partial charge is 0.262 e. The number of nitrogens with zero attached hydrogens (tertiary/aromatic N) is 4. The molecule has 4 aromatic rings. The van der Waals surface area contributed by atoms with E-state index in [1.54, 1.807) is 21.5 Å². The van der Waals surface area contributed by atoms with Crippen molar-refractivity contribution in [3.05, 3.63) is 64.8 Å². The standard InChI is InChI=1S/C21H22N4O2/c1-4-16-18(14-8-6-5-7-9-14)19-22-12-15-17(25(19)23-16)10-11-24(20(15)27)21(2,3)13-26/h5-12,26H,4,13H2,1-3H3. The van der Waals surface area contributed by atoms with Crippen LogP contribution in [-0.2, 0) is 12.0 Å². The van der Waals surface area contributed by atoms with Gasteiger partial charge < -0.3 is 9.67 Å². The molecule has 0 saturated carbocycles. The third-order valence-corrected chi connectivity index (χ3v) is 5.02. The third kappa shape index (κ3) is 2.64. The van der Waals surface area contributed by atoms with E-state index in [-0.39, 0.29) is 12.2 Å². The second-order valence-corrected chi connectivity index (χ2v) is 7.30. The summed E-state index contributed by atoms with van der Waals surface area (Å²) in [5.41, 5.74) is 3.59. The van der Waals surface area contributed by atoms with Gasteiger partial charge in [0.05, 0.1) is 28.7 Å². The SMILES string of the molecule is CCc1nn2c(ncc3c(=O)n(C(C)(C)CO)ccc32)c1-c1ccccc1. The van der Waals surface area contributed by atoms with Gasteiger partial charge in [-0.15, -0.1) is 0 Å². The highest BCUT2D eigenvalue weighted by atomic mass is 16.3. The van der Waals surface area contributed by atoms with Gasteiger partial charge in [0.25, 0.3) is 5.56 Å². The zero-order chi connectivity index (χ0) is 19.2. The van der Waals surface area contributed by atoms with Crippen LogP contribution in [0.2, 0.25) is 0 Å². The molecule has 0 unspecified atom stereocenters. The molecule has 0 bridgehead atoms. The quantitative estimate of drug-likeness (QED) is 0.606. The van der Waals surface area contributed by atoms with Gasteiger partial charge in [-0.2, -0.15) is 5.10 Å². The Kier molecular flexibility index (Phi) is 4.08. The van der Waals surface area contributed by atoms with Gasteiger partial charge in [-0.05, 0) is 31.9 Å². The maximum absolute atomic E-state index is 13.0. The Morgan fingerprint density at radius 3 is 2.56 bits per heavy atom. The molecule has 0 spiro atoms. The highest BCUT2D eigenvalue weighted by molar-refractivity contribution is 5.86. The number of aliphatic hydroxyl groups excluding tert-OH is 1. The number of hydrogen-bond acceptors (Lipinski definition) is 4. The zero-order valence-electron chi connectivity index (χ0n) is 15.7. The van der Waals surface area contributed by atoms with E-state index in [4.69, 9.17) is 5.10 Å². The normalized spacial score (nSPS) is 12.1. The molecule has 6 nitrogen and oxygen atoms in total. The number of rotatable bonds is 4. The zero-order valence-corrected chi connectivity index (χ0v) is 15.7. The largest absolute Gasteiger partial charge is 0.394 e. The van der Waals surface area contributed by atoms with E-state index < -0.39 is 5.54 Å². The monoisotopic (exact) mass is 362 g/mol. The van der Waals surface area contributed by atoms with Crippen LogP contribution in [0.5, 0.6) is 0 Å². The van der Waals surface area contributed by atoms with Crippen molar-refractivity contribution in [2.24, 2.45) is 0 Å². The number of aromatic nitrogens is 4. The average Bonchev–Trinajstić information content (AvgIpc) is 3.07. The minimum atomic E-state index is -0.686. The summed E-state index contributed by atoms with van der Waals surface area (Å²) in [7, 11) is 0. The van der Waals surface area contributed by atoms with Crippen molar-refractivity contribution < 1.29 is 5.11 Å². The molecular weight excluding hydrogens is 340 g/mol. The van der Waals surface area contributed by atoms with E-state index in [1.165, 1.54) is 0 Å². The van der Waals surface area contributed by atoms with Crippen LogP contribution in [0.1, 0.15) is 26.5 Å². The van der Waals surface area contributed by atoms with Crippen LogP contribution in [0.4, 0.5) is 0 Å². The molecule has 3 heterocycles. The lowest BCUT2D eigenvalue weighted by Gasteiger charge is -2.25. The number of benzene rings is 1. The summed E-state index contributed by atoms with van der Waals surface area (Å²) in [6.07, 6.45) is 4.10. The molecule has 0 saturated heterocycles. The van der Waals surface area contributed by atoms with E-state index in [1.807, 2.05) is 50.2 Å². The molecule has 0 amide bonds. The summed E-state index contributed by atoms with van der Waals surface area (Å²) in [5.74, 6) is 0. The summed E-state index contributed by atoms with van der Waals surface area (Å²) in [5, 5.41) is 14.8. The molecule has 138 valence electrons. The van der Waals surface area contributed by atoms with Crippen molar-refractivity contribution in [1.82, 2.24) is 19.2 Å². The van der Waals surface area contributed by atoms with E-state index in [2.05, 4.69) is 11.9 Å². The minimum Gasteiger partial charge on any atom is -0.394 e. The number of pyridine rings is 1. The van der Waals surface area contributed by atoms with Gasteiger partial charge in [0.2, 0.25) is 0 Å². The first-order valence-corrected chi connectivity index (χ1v) is 9.06. The van der Waals surface area contributed by atoms with Gasteiger partial charge in [0, 0.05) is 18.0 Å². The fourth-order valence-electron chi connectivity index (χ4n) is 3.41. The first-order valence-electron chi connectivity index (χ1n) is 9.06. The number of aliphatic hydroxyl groups is 1. The lowest BCUT2D eigenvalue weighted by molar-refractivity contribution is 0.161. The fourth-order valence-corrected chi connectivity index (χ4v) is 3.41. The van der Waals surface area contributed by atoms with Crippen molar-refractivity contribution in [2.45, 2.75) is 32.7 Å². The highest BCUT2D eigenvalue weighted by Gasteiger charge is 2.23. The van der Waals surface area contributed by atoms with Crippen molar-refractivity contribution in [3.8, 4) is 11.1 Å². The average molecular weight is 362 g/mol. The molecule has 1 N–H and O–H groups in total. The molecular formula is C21H22N4O2. The Labute approximate surface area is 156 Å². The van der Waals surface area contributed by atoms with Crippen molar-refractivity contribution in [1.29, 1.82) is 0 Å². The van der Waals surface area contributed by atoms with Crippen LogP contribution >= 0.6 is 0 Å². The molecule has 0 aliphatic carbocycles. The lowest BCUT2D eigenvalue weighted by atomic mass is 10.0. The first-order chi connectivity index (χ1) is 13.0. The van der Waals surface area contributed by atoms with Gasteiger partial charge in [-0.25, -0.2) is 9.50 Å². The molecule has 27 heavy (non-hydrogen) atoms. The van der Waals surface area contributed by atoms with Gasteiger partial charge in [-0.1, -0.05) is 37.3 Å². The topological polar surface area (TPSA) is 72.4 Å². The maximum atomic E-state index is 13.0. The molecule has 0 fully saturated rings. The van der Waals surface area contributed by atoms with E-state index in [9.17, 15) is 9.90 Å². The Morgan fingerprint density at radius 2 is 1.89 bits per heavy atom. The van der Waals surface area contributed by atoms with Gasteiger partial charge in [-0.3, -0.25) is 4.79 Å². The summed E-state index contributed by atoms with van der Waals surface area (Å²) >= 11 is 0. The number of hydrogen-bond donors (Lipinski definition) is 1. The fraction of sp³-hybridized carbons (Fsp3) is 0.286. The molecule has 3 aromatic heterocycles. The van der Waals surface area contributed by atoms with Crippen molar-refractivity contribution in [2.75, 3.05) is 6.61 Å². The predicted molar refractivity (Wildman–Crippen MR) is 106 cm³/mol. The van der Waals surface area contributed by atoms with E-state index in [0.717, 1.165) is 28.9 Å². The minimum absolute atomic E-state index is 0.131. The van der Waals surface area contributed by atoms with Crippen LogP contribution in [0.3, 0.4) is 0 Å². The summed E-state index contributed by atoms with van der Waals surface area (Å²) < 4.78 is 3.30. The van der Waals surface area contributed by atoms with Gasteiger partial charge in [0.1, 0.15) is 0 Å². The molecule has 0 aliphatic heterocycles. The molecule has 6 heteroatoms. The second-order valence-electron chi connectivity index (χ2n) is 7.30. The number of fused-ring (bicyclic) bond motifs is 3. The molecule has 0 atom stereocenters. The van der Waals surface area contributed by atoms with E-state index in [0.29, 0.717) is 10.9 Å². The number of aryl methyl sites for hydroxylation is 1. The Hall–Kier alpha value is -2.99. The van der Waals surface area contributed by atoms with Gasteiger partial charge >= 0.3 is 0 Å². The summed E-state index contributed by atoms with van der Waals surface area (Å²) in [6, 6.07) is 11.9. The highest BCUT2D eigenvalue weighted by Crippen LogP contribution is 2.29. The molecule has 4 rings (SSSR count). The molecule has 0 radical (unpaired) electrons. The van der Waals surface area contributed by atoms with Crippen LogP contribution in [0, 0.1) is 0 Å². The third-order valence-electron chi connectivity index (χ3n) is 5.02. The maximum Gasteiger partial charge on any atom is 0.262 e. The van der Waals surface area contributed by atoms with Crippen molar-refractivity contribution >= 4 is 16.6 Å². The first kappa shape index (κ1) is 17.4. The van der Waals surface area contributed by atoms with E-state index >= 15 is 0 Å². The van der Waals surface area contributed by atoms with Gasteiger partial charge in [0.15, 0.2) is 5.65 Å².